The van der Waals surface area contributed by atoms with Gasteiger partial charge in [-0.1, -0.05) is 5.98 Å². The van der Waals surface area contributed by atoms with Crippen LogP contribution in [0.15, 0.2) is 10.5 Å². The molecule has 0 fully saturated rings. The fraction of sp³-hybridized carbons (Fsp3) is 0. The lowest BCUT2D eigenvalue weighted by Crippen LogP contribution is -2.03. The van der Waals surface area contributed by atoms with E-state index in [1.165, 1.54) is 5.98 Å². The number of carbonyl (C=O) groups excluding carboxylic acids is 2. The number of rotatable bonds is 4. The minimum atomic E-state index is -0.754. The van der Waals surface area contributed by atoms with Gasteiger partial charge in [0.1, 0.15) is 0 Å². The van der Waals surface area contributed by atoms with Crippen LogP contribution in [0.2, 0.25) is 0 Å². The van der Waals surface area contributed by atoms with Crippen molar-refractivity contribution in [1.82, 2.24) is 0 Å². The second-order valence-electron chi connectivity index (χ2n) is 1.29. The molecule has 0 aromatic heterocycles. The molecular weight excluding hydrogens is 214 g/mol. The lowest BCUT2D eigenvalue weighted by Gasteiger charge is -1.95. The second kappa shape index (κ2) is 6.03. The van der Waals surface area contributed by atoms with Gasteiger partial charge in [0.2, 0.25) is 0 Å². The maximum Gasteiger partial charge on any atom is 0.405 e. The summed E-state index contributed by atoms with van der Waals surface area (Å²) in [5.74, 6) is 0.430. The van der Waals surface area contributed by atoms with Crippen molar-refractivity contribution in [1.29, 1.82) is 0 Å². The monoisotopic (exact) mass is 215 g/mol. The van der Waals surface area contributed by atoms with Crippen LogP contribution in [0.1, 0.15) is 0 Å². The Morgan fingerprint density at radius 3 is 2.73 bits per heavy atom. The molecule has 0 heterocycles. The van der Waals surface area contributed by atoms with E-state index in [0.29, 0.717) is 0 Å². The van der Waals surface area contributed by atoms with Gasteiger partial charge in [0.15, 0.2) is 0 Å². The maximum absolute atomic E-state index is 10.5. The van der Waals surface area contributed by atoms with Gasteiger partial charge >= 0.3 is 21.5 Å². The van der Waals surface area contributed by atoms with E-state index >= 15 is 0 Å². The van der Waals surface area contributed by atoms with Crippen molar-refractivity contribution in [3.8, 4) is 0 Å². The maximum atomic E-state index is 10.5. The highest BCUT2D eigenvalue weighted by Crippen LogP contribution is 2.04. The van der Waals surface area contributed by atoms with Crippen LogP contribution < -0.4 is 0 Å². The minimum absolute atomic E-state index is 0.0573. The van der Waals surface area contributed by atoms with Crippen LogP contribution >= 0.6 is 15.9 Å². The van der Waals surface area contributed by atoms with Crippen molar-refractivity contribution in [3.05, 3.63) is 10.5 Å². The molecule has 11 heavy (non-hydrogen) atoms. The van der Waals surface area contributed by atoms with Crippen molar-refractivity contribution in [2.24, 2.45) is 0 Å². The molecule has 0 atom stereocenters. The summed E-state index contributed by atoms with van der Waals surface area (Å²) in [5, 5.41) is 0. The van der Waals surface area contributed by atoms with E-state index in [-0.39, 0.29) is 11.0 Å². The van der Waals surface area contributed by atoms with Gasteiger partial charge in [0.05, 0.1) is 4.48 Å². The Bertz CT molecular complexity index is 181. The van der Waals surface area contributed by atoms with Gasteiger partial charge in [-0.05, 0) is 15.9 Å². The van der Waals surface area contributed by atoms with Gasteiger partial charge in [-0.3, -0.25) is 4.79 Å². The summed E-state index contributed by atoms with van der Waals surface area (Å²) in [6.45, 7) is 0.213. The zero-order valence-corrected chi connectivity index (χ0v) is 6.91. The summed E-state index contributed by atoms with van der Waals surface area (Å²) in [7, 11) is 5.54. The van der Waals surface area contributed by atoms with E-state index in [4.69, 9.17) is 0 Å². The van der Waals surface area contributed by atoms with Crippen molar-refractivity contribution < 1.29 is 18.9 Å². The average Bonchev–Trinajstić information content (AvgIpc) is 2.03. The minimum Gasteiger partial charge on any atom is -0.540 e. The summed E-state index contributed by atoms with van der Waals surface area (Å²) >= 11 is 2.81. The zero-order valence-electron chi connectivity index (χ0n) is 5.32. The summed E-state index contributed by atoms with van der Waals surface area (Å²) in [6.07, 6.45) is 0. The number of halogens is 1. The first-order valence-electron chi connectivity index (χ1n) is 2.41. The third-order valence-electron chi connectivity index (χ3n) is 0.651. The molecule has 0 aliphatic carbocycles. The van der Waals surface area contributed by atoms with Crippen LogP contribution in [-0.4, -0.2) is 28.0 Å². The molecule has 0 aliphatic rings. The Balaban J connectivity index is 3.79. The molecule has 0 aromatic carbocycles. The fourth-order valence-corrected chi connectivity index (χ4v) is 0.457. The number of hydrogen-bond acceptors (Lipinski definition) is 4. The van der Waals surface area contributed by atoms with Crippen LogP contribution in [0.4, 0.5) is 0 Å². The van der Waals surface area contributed by atoms with Crippen molar-refractivity contribution in [2.75, 3.05) is 0 Å². The van der Waals surface area contributed by atoms with Gasteiger partial charge in [-0.25, -0.2) is 4.79 Å². The molecule has 0 bridgehead atoms. The van der Waals surface area contributed by atoms with Gasteiger partial charge in [-0.2, -0.15) is 0 Å². The van der Waals surface area contributed by atoms with Gasteiger partial charge < -0.3 is 9.31 Å². The standard InChI is InChI=1S/C4H2B2BrO4/c5-11-4(9)3(7)1-6-10-2-8/h1-2H. The van der Waals surface area contributed by atoms with E-state index < -0.39 is 5.97 Å². The van der Waals surface area contributed by atoms with Crippen LogP contribution in [0.5, 0.6) is 0 Å². The first-order chi connectivity index (χ1) is 5.22. The number of hydrogen-bond donors (Lipinski definition) is 0. The van der Waals surface area contributed by atoms with E-state index in [2.05, 4.69) is 33.3 Å². The average molecular weight is 216 g/mol. The molecule has 0 spiro atoms. The molecule has 0 aromatic rings. The molecule has 0 saturated heterocycles. The molecule has 0 saturated carbocycles. The Hall–Kier alpha value is -0.710. The van der Waals surface area contributed by atoms with Crippen molar-refractivity contribution in [2.45, 2.75) is 0 Å². The third-order valence-corrected chi connectivity index (χ3v) is 1.24. The molecular formula is C4H2B2BrO4. The molecule has 0 N–H and O–H groups in total. The zero-order chi connectivity index (χ0) is 8.69. The summed E-state index contributed by atoms with van der Waals surface area (Å²) in [4.78, 5) is 20.1. The lowest BCUT2D eigenvalue weighted by molar-refractivity contribution is -0.129. The van der Waals surface area contributed by atoms with E-state index in [1.54, 1.807) is 0 Å². The van der Waals surface area contributed by atoms with Crippen LogP contribution in [0.3, 0.4) is 0 Å². The molecule has 0 amide bonds. The van der Waals surface area contributed by atoms with E-state index in [0.717, 1.165) is 7.48 Å². The Morgan fingerprint density at radius 2 is 2.27 bits per heavy atom. The molecule has 3 radical (unpaired) electrons. The Morgan fingerprint density at radius 1 is 1.64 bits per heavy atom. The second-order valence-corrected chi connectivity index (χ2v) is 2.14. The highest BCUT2D eigenvalue weighted by Gasteiger charge is 2.03. The predicted octanol–water partition coefficient (Wildman–Crippen LogP) is -0.358. The molecule has 0 unspecified atom stereocenters. The topological polar surface area (TPSA) is 52.6 Å². The van der Waals surface area contributed by atoms with Gasteiger partial charge in [0, 0.05) is 0 Å². The fourth-order valence-electron chi connectivity index (χ4n) is 0.255. The van der Waals surface area contributed by atoms with E-state index in [1.807, 2.05) is 0 Å². The summed E-state index contributed by atoms with van der Waals surface area (Å²) < 4.78 is 8.02. The summed E-state index contributed by atoms with van der Waals surface area (Å²) in [5.41, 5.74) is 0. The first-order valence-corrected chi connectivity index (χ1v) is 3.21. The molecule has 55 valence electrons. The Labute approximate surface area is 73.8 Å². The summed E-state index contributed by atoms with van der Waals surface area (Å²) in [6, 6.07) is 0. The normalized spacial score (nSPS) is 10.1. The van der Waals surface area contributed by atoms with E-state index in [9.17, 15) is 9.59 Å². The quantitative estimate of drug-likeness (QED) is 0.278. The SMILES string of the molecule is [B]OC(=O)C(Br)=C[B]OC=O. The Kier molecular flexibility index (Phi) is 5.64. The highest BCUT2D eigenvalue weighted by atomic mass is 79.9. The van der Waals surface area contributed by atoms with Gasteiger partial charge in [-0.15, -0.1) is 0 Å². The smallest absolute Gasteiger partial charge is 0.405 e. The lowest BCUT2D eigenvalue weighted by atomic mass is 10.0. The highest BCUT2D eigenvalue weighted by molar-refractivity contribution is 9.12. The third kappa shape index (κ3) is 4.66. The molecule has 0 rings (SSSR count). The van der Waals surface area contributed by atoms with Crippen LogP contribution in [-0.2, 0) is 18.9 Å². The molecule has 7 heteroatoms. The predicted molar refractivity (Wildman–Crippen MR) is 41.8 cm³/mol. The molecule has 0 aliphatic heterocycles. The number of carbonyl (C=O) groups is 2. The van der Waals surface area contributed by atoms with Crippen LogP contribution in [0, 0.1) is 0 Å². The first kappa shape index (κ1) is 10.3. The largest absolute Gasteiger partial charge is 0.540 e. The molecule has 4 nitrogen and oxygen atoms in total. The van der Waals surface area contributed by atoms with Crippen LogP contribution in [0.25, 0.3) is 0 Å². The van der Waals surface area contributed by atoms with Crippen molar-refractivity contribution >= 4 is 43.9 Å². The van der Waals surface area contributed by atoms with Crippen molar-refractivity contribution in [3.63, 3.8) is 0 Å². The van der Waals surface area contributed by atoms with Gasteiger partial charge in [0.25, 0.3) is 6.47 Å².